The molecular formula is C28H28O2S. The van der Waals surface area contributed by atoms with Crippen LogP contribution in [0.15, 0.2) is 89.8 Å². The van der Waals surface area contributed by atoms with Gasteiger partial charge in [0, 0.05) is 33.6 Å². The average Bonchev–Trinajstić information content (AvgIpc) is 2.81. The molecule has 3 heteroatoms. The summed E-state index contributed by atoms with van der Waals surface area (Å²) in [6.07, 6.45) is 3.40. The average molecular weight is 429 g/mol. The summed E-state index contributed by atoms with van der Waals surface area (Å²) >= 11 is 1.80. The first-order valence-electron chi connectivity index (χ1n) is 11.0. The molecule has 1 fully saturated rings. The van der Waals surface area contributed by atoms with Crippen molar-refractivity contribution in [2.45, 2.75) is 42.8 Å². The Kier molecular flexibility index (Phi) is 7.03. The van der Waals surface area contributed by atoms with Crippen LogP contribution < -0.4 is 0 Å². The summed E-state index contributed by atoms with van der Waals surface area (Å²) < 4.78 is 0. The highest BCUT2D eigenvalue weighted by molar-refractivity contribution is 8.00. The minimum atomic E-state index is -0.157. The van der Waals surface area contributed by atoms with E-state index in [-0.39, 0.29) is 28.7 Å². The van der Waals surface area contributed by atoms with E-state index in [0.29, 0.717) is 6.42 Å². The molecule has 0 heterocycles. The predicted molar refractivity (Wildman–Crippen MR) is 128 cm³/mol. The number of thioether (sulfide) groups is 1. The summed E-state index contributed by atoms with van der Waals surface area (Å²) in [6.45, 7) is 2.09. The molecule has 1 aliphatic carbocycles. The lowest BCUT2D eigenvalue weighted by atomic mass is 9.72. The Morgan fingerprint density at radius 3 is 2.06 bits per heavy atom. The quantitative estimate of drug-likeness (QED) is 0.379. The molecule has 0 N–H and O–H groups in total. The van der Waals surface area contributed by atoms with Crippen molar-refractivity contribution in [2.75, 3.05) is 0 Å². The van der Waals surface area contributed by atoms with Gasteiger partial charge < -0.3 is 0 Å². The Balaban J connectivity index is 1.61. The van der Waals surface area contributed by atoms with Crippen molar-refractivity contribution in [1.29, 1.82) is 0 Å². The van der Waals surface area contributed by atoms with Crippen molar-refractivity contribution in [1.82, 2.24) is 0 Å². The van der Waals surface area contributed by atoms with Crippen molar-refractivity contribution in [2.24, 2.45) is 11.8 Å². The topological polar surface area (TPSA) is 34.1 Å². The van der Waals surface area contributed by atoms with Gasteiger partial charge in [0.05, 0.1) is 0 Å². The first-order chi connectivity index (χ1) is 15.1. The lowest BCUT2D eigenvalue weighted by Gasteiger charge is -2.37. The maximum absolute atomic E-state index is 13.7. The molecule has 0 bridgehead atoms. The van der Waals surface area contributed by atoms with Crippen LogP contribution in [0.3, 0.4) is 0 Å². The van der Waals surface area contributed by atoms with Crippen LogP contribution in [0.4, 0.5) is 0 Å². The first kappa shape index (κ1) is 21.6. The second-order valence-electron chi connectivity index (χ2n) is 8.41. The highest BCUT2D eigenvalue weighted by atomic mass is 32.2. The van der Waals surface area contributed by atoms with Crippen molar-refractivity contribution in [3.05, 3.63) is 102 Å². The van der Waals surface area contributed by atoms with E-state index >= 15 is 0 Å². The Hall–Kier alpha value is -2.65. The zero-order valence-corrected chi connectivity index (χ0v) is 18.7. The van der Waals surface area contributed by atoms with E-state index in [4.69, 9.17) is 0 Å². The minimum absolute atomic E-state index is 0.0668. The second kappa shape index (κ2) is 10.1. The molecule has 0 aliphatic heterocycles. The summed E-state index contributed by atoms with van der Waals surface area (Å²) in [4.78, 5) is 27.9. The Labute approximate surface area is 189 Å². The summed E-state index contributed by atoms with van der Waals surface area (Å²) in [6, 6.07) is 27.6. The summed E-state index contributed by atoms with van der Waals surface area (Å²) in [5.74, 6) is 0.223. The molecule has 4 rings (SSSR count). The van der Waals surface area contributed by atoms with Crippen molar-refractivity contribution in [3.8, 4) is 0 Å². The van der Waals surface area contributed by atoms with Gasteiger partial charge in [0.2, 0.25) is 0 Å². The van der Waals surface area contributed by atoms with E-state index in [0.717, 1.165) is 30.4 Å². The zero-order chi connectivity index (χ0) is 21.6. The maximum Gasteiger partial charge on any atom is 0.167 e. The summed E-state index contributed by atoms with van der Waals surface area (Å²) in [5.41, 5.74) is 2.72. The molecule has 2 nitrogen and oxygen atoms in total. The summed E-state index contributed by atoms with van der Waals surface area (Å²) in [5, 5.41) is 0.178. The van der Waals surface area contributed by atoms with Crippen LogP contribution in [0, 0.1) is 18.8 Å². The number of hydrogen-bond donors (Lipinski definition) is 0. The fourth-order valence-electron chi connectivity index (χ4n) is 4.55. The molecule has 3 aromatic rings. The Morgan fingerprint density at radius 2 is 1.42 bits per heavy atom. The Bertz CT molecular complexity index is 1010. The molecular weight excluding hydrogens is 400 g/mol. The van der Waals surface area contributed by atoms with Crippen molar-refractivity contribution >= 4 is 23.3 Å². The third-order valence-electron chi connectivity index (χ3n) is 6.18. The Morgan fingerprint density at radius 1 is 0.806 bits per heavy atom. The molecule has 3 atom stereocenters. The number of ketones is 2. The van der Waals surface area contributed by atoms with E-state index in [1.807, 2.05) is 60.7 Å². The van der Waals surface area contributed by atoms with Gasteiger partial charge in [-0.2, -0.15) is 0 Å². The van der Waals surface area contributed by atoms with Crippen LogP contribution in [0.2, 0.25) is 0 Å². The maximum atomic E-state index is 13.7. The summed E-state index contributed by atoms with van der Waals surface area (Å²) in [7, 11) is 0. The monoisotopic (exact) mass is 428 g/mol. The number of hydrogen-bond acceptors (Lipinski definition) is 3. The molecule has 0 unspecified atom stereocenters. The van der Waals surface area contributed by atoms with E-state index in [1.165, 1.54) is 10.5 Å². The highest BCUT2D eigenvalue weighted by Crippen LogP contribution is 2.43. The van der Waals surface area contributed by atoms with Gasteiger partial charge in [-0.1, -0.05) is 84.8 Å². The molecule has 158 valence electrons. The molecule has 1 aliphatic rings. The fourth-order valence-corrected chi connectivity index (χ4v) is 5.97. The number of Topliss-reactive ketones (excluding diaryl/α,β-unsaturated/α-hetero) is 2. The van der Waals surface area contributed by atoms with Gasteiger partial charge in [-0.15, -0.1) is 11.8 Å². The van der Waals surface area contributed by atoms with Gasteiger partial charge >= 0.3 is 0 Å². The molecule has 0 saturated heterocycles. The van der Waals surface area contributed by atoms with E-state index < -0.39 is 0 Å². The van der Waals surface area contributed by atoms with Crippen LogP contribution >= 0.6 is 11.8 Å². The third kappa shape index (κ3) is 5.34. The van der Waals surface area contributed by atoms with Crippen LogP contribution in [0.1, 0.15) is 52.0 Å². The molecule has 0 amide bonds. The highest BCUT2D eigenvalue weighted by Gasteiger charge is 2.40. The predicted octanol–water partition coefficient (Wildman–Crippen LogP) is 7.03. The van der Waals surface area contributed by atoms with Gasteiger partial charge in [-0.05, 0) is 37.8 Å². The molecule has 0 spiro atoms. The molecule has 1 saturated carbocycles. The SMILES string of the molecule is Cc1ccc(S[C@H]2CCC[C@@H](CC(=O)c3ccccc3)[C@@H]2C(=O)c2ccccc2)cc1. The lowest BCUT2D eigenvalue weighted by molar-refractivity contribution is 0.0793. The molecule has 3 aromatic carbocycles. The van der Waals surface area contributed by atoms with E-state index in [1.54, 1.807) is 11.8 Å². The normalized spacial score (nSPS) is 20.9. The second-order valence-corrected chi connectivity index (χ2v) is 9.72. The van der Waals surface area contributed by atoms with Gasteiger partial charge in [-0.25, -0.2) is 0 Å². The number of carbonyl (C=O) groups is 2. The number of carbonyl (C=O) groups excluding carboxylic acids is 2. The van der Waals surface area contributed by atoms with E-state index in [2.05, 4.69) is 31.2 Å². The van der Waals surface area contributed by atoms with Crippen LogP contribution in [0.5, 0.6) is 0 Å². The lowest BCUT2D eigenvalue weighted by Crippen LogP contribution is -2.37. The smallest absolute Gasteiger partial charge is 0.167 e. The van der Waals surface area contributed by atoms with Gasteiger partial charge in [0.15, 0.2) is 11.6 Å². The van der Waals surface area contributed by atoms with E-state index in [9.17, 15) is 9.59 Å². The third-order valence-corrected chi connectivity index (χ3v) is 7.56. The molecule has 0 radical (unpaired) electrons. The molecule has 0 aromatic heterocycles. The van der Waals surface area contributed by atoms with Gasteiger partial charge in [0.1, 0.15) is 0 Å². The number of benzene rings is 3. The van der Waals surface area contributed by atoms with Crippen LogP contribution in [0.25, 0.3) is 0 Å². The standard InChI is InChI=1S/C28H28O2S/c1-20-15-17-24(18-16-20)31-26-14-8-13-23(19-25(29)21-9-4-2-5-10-21)27(26)28(30)22-11-6-3-7-12-22/h2-7,9-12,15-18,23,26-27H,8,13-14,19H2,1H3/t23-,26-,27-/m0/s1. The largest absolute Gasteiger partial charge is 0.294 e. The van der Waals surface area contributed by atoms with Crippen molar-refractivity contribution < 1.29 is 9.59 Å². The van der Waals surface area contributed by atoms with Crippen LogP contribution in [-0.2, 0) is 0 Å². The number of aryl methyl sites for hydroxylation is 1. The van der Waals surface area contributed by atoms with Gasteiger partial charge in [-0.3, -0.25) is 9.59 Å². The minimum Gasteiger partial charge on any atom is -0.294 e. The van der Waals surface area contributed by atoms with Crippen molar-refractivity contribution in [3.63, 3.8) is 0 Å². The number of rotatable bonds is 7. The zero-order valence-electron chi connectivity index (χ0n) is 17.9. The van der Waals surface area contributed by atoms with Gasteiger partial charge in [0.25, 0.3) is 0 Å². The molecule has 31 heavy (non-hydrogen) atoms. The van der Waals surface area contributed by atoms with Crippen LogP contribution in [-0.4, -0.2) is 16.8 Å². The first-order valence-corrected chi connectivity index (χ1v) is 11.9. The fraction of sp³-hybridized carbons (Fsp3) is 0.286.